The fourth-order valence-electron chi connectivity index (χ4n) is 3.19. The first-order chi connectivity index (χ1) is 15.1. The number of amides is 1. The molecule has 3 N–H and O–H groups in total. The summed E-state index contributed by atoms with van der Waals surface area (Å²) in [7, 11) is -3.44. The van der Waals surface area contributed by atoms with E-state index in [1.54, 1.807) is 12.1 Å². The van der Waals surface area contributed by atoms with Gasteiger partial charge in [0.15, 0.2) is 15.5 Å². The molecule has 0 bridgehead atoms. The summed E-state index contributed by atoms with van der Waals surface area (Å²) >= 11 is 0. The lowest BCUT2D eigenvalue weighted by atomic mass is 10.2. The Kier molecular flexibility index (Phi) is 6.68. The van der Waals surface area contributed by atoms with E-state index in [1.807, 2.05) is 6.92 Å². The highest BCUT2D eigenvalue weighted by molar-refractivity contribution is 7.90. The Balaban J connectivity index is 2.12. The van der Waals surface area contributed by atoms with Gasteiger partial charge in [0, 0.05) is 18.4 Å². The van der Waals surface area contributed by atoms with Crippen LogP contribution in [0, 0.1) is 0 Å². The molecule has 11 heteroatoms. The first-order valence-corrected chi connectivity index (χ1v) is 11.8. The van der Waals surface area contributed by atoms with Gasteiger partial charge in [0.1, 0.15) is 11.6 Å². The Morgan fingerprint density at radius 1 is 1.19 bits per heavy atom. The van der Waals surface area contributed by atoms with Gasteiger partial charge in [0.2, 0.25) is 0 Å². The van der Waals surface area contributed by atoms with Crippen LogP contribution in [-0.4, -0.2) is 30.1 Å². The summed E-state index contributed by atoms with van der Waals surface area (Å²) in [5.74, 6) is -0.365. The van der Waals surface area contributed by atoms with Crippen LogP contribution in [0.15, 0.2) is 61.6 Å². The average molecular weight is 461 g/mol. The van der Waals surface area contributed by atoms with Crippen LogP contribution < -0.4 is 21.9 Å². The molecule has 0 spiro atoms. The number of H-pyrrole nitrogens is 1. The smallest absolute Gasteiger partial charge is 0.330 e. The molecule has 0 aliphatic rings. The quantitative estimate of drug-likeness (QED) is 0.520. The van der Waals surface area contributed by atoms with Crippen molar-refractivity contribution in [2.24, 2.45) is 0 Å². The molecule has 0 atom stereocenters. The SMILES string of the molecule is CCCCn1c(N)c(N(Cc2ccco2)C(=O)c2ccc(S(C)(=O)=O)cc2)c(=O)[nH]c1=O. The third kappa shape index (κ3) is 4.83. The standard InChI is InChI=1S/C21H24N4O6S/c1-3-4-11-24-18(22)17(19(26)23-21(24)28)25(13-15-6-5-12-31-15)20(27)14-7-9-16(10-8-14)32(2,29)30/h5-10,12H,3-4,11,13,22H2,1-2H3,(H,23,26,28). The number of furan rings is 1. The van der Waals surface area contributed by atoms with Crippen LogP contribution in [0.1, 0.15) is 35.9 Å². The number of rotatable bonds is 8. The topological polar surface area (TPSA) is 148 Å². The van der Waals surface area contributed by atoms with E-state index in [9.17, 15) is 22.8 Å². The molecule has 1 amide bonds. The number of nitrogens with two attached hydrogens (primary N) is 1. The minimum Gasteiger partial charge on any atom is -0.467 e. The zero-order chi connectivity index (χ0) is 23.5. The predicted octanol–water partition coefficient (Wildman–Crippen LogP) is 1.76. The summed E-state index contributed by atoms with van der Waals surface area (Å²) in [5, 5.41) is 0. The zero-order valence-electron chi connectivity index (χ0n) is 17.7. The largest absolute Gasteiger partial charge is 0.467 e. The van der Waals surface area contributed by atoms with Crippen molar-refractivity contribution in [1.82, 2.24) is 9.55 Å². The highest BCUT2D eigenvalue weighted by Gasteiger charge is 2.26. The molecule has 1 aromatic carbocycles. The summed E-state index contributed by atoms with van der Waals surface area (Å²) in [4.78, 5) is 41.8. The van der Waals surface area contributed by atoms with E-state index >= 15 is 0 Å². The van der Waals surface area contributed by atoms with Crippen LogP contribution in [0.2, 0.25) is 0 Å². The van der Waals surface area contributed by atoms with Gasteiger partial charge in [0.25, 0.3) is 11.5 Å². The van der Waals surface area contributed by atoms with Gasteiger partial charge in [-0.1, -0.05) is 13.3 Å². The summed E-state index contributed by atoms with van der Waals surface area (Å²) in [6.45, 7) is 2.09. The molecule has 0 saturated heterocycles. The van der Waals surface area contributed by atoms with Crippen molar-refractivity contribution in [3.05, 3.63) is 74.8 Å². The first-order valence-electron chi connectivity index (χ1n) is 9.90. The predicted molar refractivity (Wildman–Crippen MR) is 119 cm³/mol. The van der Waals surface area contributed by atoms with Gasteiger partial charge in [-0.2, -0.15) is 0 Å². The summed E-state index contributed by atoms with van der Waals surface area (Å²) < 4.78 is 30.0. The number of aromatic nitrogens is 2. The lowest BCUT2D eigenvalue weighted by molar-refractivity contribution is 0.0982. The average Bonchev–Trinajstić information content (AvgIpc) is 3.25. The Bertz CT molecular complexity index is 1320. The van der Waals surface area contributed by atoms with Crippen LogP contribution in [0.3, 0.4) is 0 Å². The second kappa shape index (κ2) is 9.27. The monoisotopic (exact) mass is 460 g/mol. The van der Waals surface area contributed by atoms with E-state index in [2.05, 4.69) is 4.98 Å². The zero-order valence-corrected chi connectivity index (χ0v) is 18.5. The van der Waals surface area contributed by atoms with Crippen LogP contribution in [0.5, 0.6) is 0 Å². The molecule has 3 aromatic rings. The van der Waals surface area contributed by atoms with E-state index < -0.39 is 27.0 Å². The van der Waals surface area contributed by atoms with Gasteiger partial charge >= 0.3 is 5.69 Å². The highest BCUT2D eigenvalue weighted by atomic mass is 32.2. The van der Waals surface area contributed by atoms with Crippen LogP contribution in [0.25, 0.3) is 0 Å². The van der Waals surface area contributed by atoms with Crippen LogP contribution >= 0.6 is 0 Å². The van der Waals surface area contributed by atoms with Crippen molar-refractivity contribution in [2.75, 3.05) is 16.9 Å². The summed E-state index contributed by atoms with van der Waals surface area (Å²) in [6.07, 6.45) is 3.93. The van der Waals surface area contributed by atoms with Gasteiger partial charge in [0.05, 0.1) is 17.7 Å². The fourth-order valence-corrected chi connectivity index (χ4v) is 3.82. The van der Waals surface area contributed by atoms with E-state index in [1.165, 1.54) is 35.1 Å². The third-order valence-electron chi connectivity index (χ3n) is 4.89. The molecule has 2 aromatic heterocycles. The second-order valence-corrected chi connectivity index (χ2v) is 9.28. The van der Waals surface area contributed by atoms with Crippen molar-refractivity contribution in [3.8, 4) is 0 Å². The molecular weight excluding hydrogens is 436 g/mol. The van der Waals surface area contributed by atoms with E-state index in [4.69, 9.17) is 10.2 Å². The maximum Gasteiger partial charge on any atom is 0.330 e. The molecular formula is C21H24N4O6S. The van der Waals surface area contributed by atoms with Crippen molar-refractivity contribution in [1.29, 1.82) is 0 Å². The fraction of sp³-hybridized carbons (Fsp3) is 0.286. The molecule has 0 fully saturated rings. The molecule has 32 heavy (non-hydrogen) atoms. The number of nitrogen functional groups attached to an aromatic ring is 1. The number of carbonyl (C=O) groups excluding carboxylic acids is 1. The normalized spacial score (nSPS) is 11.4. The third-order valence-corrected chi connectivity index (χ3v) is 6.02. The van der Waals surface area contributed by atoms with E-state index in [0.717, 1.165) is 17.6 Å². The highest BCUT2D eigenvalue weighted by Crippen LogP contribution is 2.23. The molecule has 0 aliphatic carbocycles. The summed E-state index contributed by atoms with van der Waals surface area (Å²) in [6, 6.07) is 8.59. The Hall–Kier alpha value is -3.60. The molecule has 0 unspecified atom stereocenters. The molecule has 3 rings (SSSR count). The van der Waals surface area contributed by atoms with Crippen LogP contribution in [0.4, 0.5) is 11.5 Å². The number of nitrogens with zero attached hydrogens (tertiary/aromatic N) is 2. The number of aromatic amines is 1. The number of sulfone groups is 1. The van der Waals surface area contributed by atoms with Crippen molar-refractivity contribution >= 4 is 27.2 Å². The Morgan fingerprint density at radius 3 is 2.44 bits per heavy atom. The number of nitrogens with one attached hydrogen (secondary N) is 1. The van der Waals surface area contributed by atoms with Crippen molar-refractivity contribution in [3.63, 3.8) is 0 Å². The van der Waals surface area contributed by atoms with Crippen LogP contribution in [-0.2, 0) is 22.9 Å². The lowest BCUT2D eigenvalue weighted by Crippen LogP contribution is -2.41. The first kappa shape index (κ1) is 23.1. The minimum absolute atomic E-state index is 0.0529. The summed E-state index contributed by atoms with van der Waals surface area (Å²) in [5.41, 5.74) is 4.67. The number of hydrogen-bond acceptors (Lipinski definition) is 7. The minimum atomic E-state index is -3.44. The van der Waals surface area contributed by atoms with E-state index in [0.29, 0.717) is 12.2 Å². The van der Waals surface area contributed by atoms with Crippen molar-refractivity contribution < 1.29 is 17.6 Å². The Labute approximate surface area is 184 Å². The molecule has 0 radical (unpaired) electrons. The number of benzene rings is 1. The van der Waals surface area contributed by atoms with Crippen molar-refractivity contribution in [2.45, 2.75) is 37.8 Å². The number of anilines is 2. The van der Waals surface area contributed by atoms with Gasteiger partial charge in [-0.05, 0) is 42.8 Å². The van der Waals surface area contributed by atoms with Gasteiger partial charge < -0.3 is 10.2 Å². The lowest BCUT2D eigenvalue weighted by Gasteiger charge is -2.24. The molecule has 170 valence electrons. The number of hydrogen-bond donors (Lipinski definition) is 2. The van der Waals surface area contributed by atoms with Gasteiger partial charge in [-0.15, -0.1) is 0 Å². The second-order valence-electron chi connectivity index (χ2n) is 7.27. The van der Waals surface area contributed by atoms with Gasteiger partial charge in [-0.3, -0.25) is 24.0 Å². The number of unbranched alkanes of at least 4 members (excludes halogenated alkanes) is 1. The van der Waals surface area contributed by atoms with E-state index in [-0.39, 0.29) is 35.1 Å². The molecule has 0 aliphatic heterocycles. The molecule has 0 saturated carbocycles. The molecule has 10 nitrogen and oxygen atoms in total. The Morgan fingerprint density at radius 2 is 1.88 bits per heavy atom. The van der Waals surface area contributed by atoms with Gasteiger partial charge in [-0.25, -0.2) is 13.2 Å². The number of carbonyl (C=O) groups is 1. The molecule has 2 heterocycles. The maximum atomic E-state index is 13.4. The maximum absolute atomic E-state index is 13.4.